The Morgan fingerprint density at radius 2 is 1.90 bits per heavy atom. The maximum Gasteiger partial charge on any atom is 0.325 e. The number of benzene rings is 2. The molecule has 0 radical (unpaired) electrons. The average molecular weight is 415 g/mol. The lowest BCUT2D eigenvalue weighted by Crippen LogP contribution is -2.41. The summed E-state index contributed by atoms with van der Waals surface area (Å²) in [6, 6.07) is 14.6. The Bertz CT molecular complexity index is 876. The van der Waals surface area contributed by atoms with Gasteiger partial charge in [0.1, 0.15) is 6.54 Å². The topological polar surface area (TPSA) is 58.6 Å². The number of esters is 1. The highest BCUT2D eigenvalue weighted by Crippen LogP contribution is 2.29. The summed E-state index contributed by atoms with van der Waals surface area (Å²) in [5.74, 6) is -0.546. The molecule has 1 N–H and O–H groups in total. The maximum atomic E-state index is 12.2. The summed E-state index contributed by atoms with van der Waals surface area (Å²) in [4.78, 5) is 25.8. The minimum atomic E-state index is -0.427. The molecule has 0 bridgehead atoms. The molecule has 0 aliphatic carbocycles. The molecule has 0 atom stereocenters. The number of carbonyl (C=O) groups excluding carboxylic acids is 2. The fraction of sp³-hybridized carbons (Fsp3) is 0.391. The number of amides is 1. The van der Waals surface area contributed by atoms with Gasteiger partial charge in [0.05, 0.1) is 7.11 Å². The van der Waals surface area contributed by atoms with Gasteiger partial charge in [-0.25, -0.2) is 0 Å². The summed E-state index contributed by atoms with van der Waals surface area (Å²) >= 11 is 6.33. The molecule has 2 aromatic rings. The lowest BCUT2D eigenvalue weighted by molar-refractivity contribution is -0.141. The monoisotopic (exact) mass is 414 g/mol. The molecule has 0 aromatic heterocycles. The number of piperidine rings is 1. The molecule has 6 heteroatoms. The van der Waals surface area contributed by atoms with E-state index in [1.54, 1.807) is 0 Å². The van der Waals surface area contributed by atoms with Gasteiger partial charge in [-0.05, 0) is 61.2 Å². The third kappa shape index (κ3) is 5.58. The summed E-state index contributed by atoms with van der Waals surface area (Å²) in [6.07, 6.45) is 1.57. The van der Waals surface area contributed by atoms with Gasteiger partial charge in [-0.2, -0.15) is 0 Å². The number of carbonyl (C=O) groups is 2. The van der Waals surface area contributed by atoms with Crippen LogP contribution in [0, 0.1) is 12.8 Å². The first kappa shape index (κ1) is 21.3. The van der Waals surface area contributed by atoms with Crippen molar-refractivity contribution in [3.05, 3.63) is 58.6 Å². The van der Waals surface area contributed by atoms with Crippen molar-refractivity contribution in [3.8, 4) is 11.1 Å². The second-order valence-corrected chi connectivity index (χ2v) is 7.87. The summed E-state index contributed by atoms with van der Waals surface area (Å²) in [5.41, 5.74) is 4.63. The van der Waals surface area contributed by atoms with Crippen LogP contribution in [0.3, 0.4) is 0 Å². The van der Waals surface area contributed by atoms with Crippen molar-refractivity contribution in [1.82, 2.24) is 10.2 Å². The number of rotatable bonds is 6. The van der Waals surface area contributed by atoms with E-state index in [0.717, 1.165) is 48.6 Å². The van der Waals surface area contributed by atoms with Crippen LogP contribution in [0.5, 0.6) is 0 Å². The number of hydrogen-bond acceptors (Lipinski definition) is 4. The van der Waals surface area contributed by atoms with Gasteiger partial charge in [0, 0.05) is 17.5 Å². The van der Waals surface area contributed by atoms with Crippen LogP contribution in [0.2, 0.25) is 5.02 Å². The first-order valence-corrected chi connectivity index (χ1v) is 10.3. The van der Waals surface area contributed by atoms with Crippen LogP contribution < -0.4 is 5.32 Å². The third-order valence-corrected chi connectivity index (χ3v) is 5.89. The zero-order chi connectivity index (χ0) is 20.8. The van der Waals surface area contributed by atoms with E-state index in [1.807, 2.05) is 25.1 Å². The van der Waals surface area contributed by atoms with E-state index in [2.05, 4.69) is 39.2 Å². The summed E-state index contributed by atoms with van der Waals surface area (Å²) < 4.78 is 4.56. The normalized spacial score (nSPS) is 15.1. The lowest BCUT2D eigenvalue weighted by atomic mass is 9.94. The number of nitrogens with zero attached hydrogens (tertiary/aromatic N) is 1. The van der Waals surface area contributed by atoms with E-state index in [1.165, 1.54) is 18.2 Å². The van der Waals surface area contributed by atoms with E-state index >= 15 is 0 Å². The van der Waals surface area contributed by atoms with Crippen LogP contribution >= 0.6 is 11.6 Å². The molecule has 29 heavy (non-hydrogen) atoms. The zero-order valence-corrected chi connectivity index (χ0v) is 17.7. The maximum absolute atomic E-state index is 12.2. The molecule has 0 unspecified atom stereocenters. The predicted molar refractivity (Wildman–Crippen MR) is 115 cm³/mol. The van der Waals surface area contributed by atoms with Gasteiger partial charge in [0.25, 0.3) is 0 Å². The molecule has 3 rings (SSSR count). The van der Waals surface area contributed by atoms with E-state index in [0.29, 0.717) is 0 Å². The van der Waals surface area contributed by atoms with Gasteiger partial charge >= 0.3 is 5.97 Å². The number of hydrogen-bond donors (Lipinski definition) is 1. The van der Waals surface area contributed by atoms with Crippen molar-refractivity contribution in [3.63, 3.8) is 0 Å². The summed E-state index contributed by atoms with van der Waals surface area (Å²) in [5, 5.41) is 3.44. The molecule has 154 valence electrons. The van der Waals surface area contributed by atoms with Crippen molar-refractivity contribution in [2.75, 3.05) is 26.7 Å². The quantitative estimate of drug-likeness (QED) is 0.730. The number of ether oxygens (including phenoxy) is 1. The van der Waals surface area contributed by atoms with Crippen LogP contribution in [0.15, 0.2) is 42.5 Å². The van der Waals surface area contributed by atoms with Crippen LogP contribution in [0.25, 0.3) is 11.1 Å². The molecule has 1 heterocycles. The van der Waals surface area contributed by atoms with Crippen LogP contribution in [0.4, 0.5) is 0 Å². The number of likely N-dealkylation sites (tertiary alicyclic amines) is 1. The molecule has 1 aliphatic rings. The lowest BCUT2D eigenvalue weighted by Gasteiger charge is -2.31. The Labute approximate surface area is 177 Å². The van der Waals surface area contributed by atoms with Gasteiger partial charge in [0.2, 0.25) is 5.91 Å². The van der Waals surface area contributed by atoms with Gasteiger partial charge in [-0.3, -0.25) is 14.5 Å². The molecule has 5 nitrogen and oxygen atoms in total. The fourth-order valence-corrected chi connectivity index (χ4v) is 3.85. The van der Waals surface area contributed by atoms with E-state index in [-0.39, 0.29) is 18.4 Å². The highest BCUT2D eigenvalue weighted by molar-refractivity contribution is 6.31. The minimum absolute atomic E-state index is 0.0537. The molecular formula is C23H27ClN2O3. The Kier molecular flexibility index (Phi) is 7.29. The van der Waals surface area contributed by atoms with Crippen molar-refractivity contribution in [1.29, 1.82) is 0 Å². The van der Waals surface area contributed by atoms with Crippen molar-refractivity contribution in [2.45, 2.75) is 26.3 Å². The second-order valence-electron chi connectivity index (χ2n) is 7.47. The van der Waals surface area contributed by atoms with Gasteiger partial charge in [-0.1, -0.05) is 48.0 Å². The molecule has 2 aromatic carbocycles. The van der Waals surface area contributed by atoms with E-state index in [4.69, 9.17) is 11.6 Å². The van der Waals surface area contributed by atoms with Gasteiger partial charge in [0.15, 0.2) is 0 Å². The van der Waals surface area contributed by atoms with Gasteiger partial charge < -0.3 is 10.1 Å². The summed E-state index contributed by atoms with van der Waals surface area (Å²) in [6.45, 7) is 4.46. The molecule has 1 amide bonds. The smallest absolute Gasteiger partial charge is 0.325 e. The fourth-order valence-electron chi connectivity index (χ4n) is 3.67. The number of methoxy groups -OCH3 is 1. The molecular weight excluding hydrogens is 388 g/mol. The highest BCUT2D eigenvalue weighted by Gasteiger charge is 2.25. The summed E-state index contributed by atoms with van der Waals surface area (Å²) in [7, 11) is 1.31. The molecule has 0 spiro atoms. The Hall–Kier alpha value is -2.37. The molecule has 1 fully saturated rings. The van der Waals surface area contributed by atoms with Crippen molar-refractivity contribution < 1.29 is 14.3 Å². The Morgan fingerprint density at radius 3 is 2.59 bits per heavy atom. The van der Waals surface area contributed by atoms with Crippen molar-refractivity contribution in [2.24, 2.45) is 5.92 Å². The van der Waals surface area contributed by atoms with E-state index < -0.39 is 5.97 Å². The minimum Gasteiger partial charge on any atom is -0.468 e. The Balaban J connectivity index is 1.60. The van der Waals surface area contributed by atoms with Crippen LogP contribution in [-0.4, -0.2) is 43.5 Å². The molecule has 1 saturated heterocycles. The Morgan fingerprint density at radius 1 is 1.17 bits per heavy atom. The molecule has 1 aliphatic heterocycles. The van der Waals surface area contributed by atoms with E-state index in [9.17, 15) is 9.59 Å². The molecule has 0 saturated carbocycles. The van der Waals surface area contributed by atoms with Crippen LogP contribution in [-0.2, 0) is 20.9 Å². The van der Waals surface area contributed by atoms with Gasteiger partial charge in [-0.15, -0.1) is 0 Å². The number of aryl methyl sites for hydroxylation is 1. The first-order valence-electron chi connectivity index (χ1n) is 9.89. The van der Waals surface area contributed by atoms with Crippen LogP contribution in [0.1, 0.15) is 24.0 Å². The average Bonchev–Trinajstić information content (AvgIpc) is 2.74. The zero-order valence-electron chi connectivity index (χ0n) is 16.9. The third-order valence-electron chi connectivity index (χ3n) is 5.49. The van der Waals surface area contributed by atoms with Crippen molar-refractivity contribution >= 4 is 23.5 Å². The predicted octanol–water partition coefficient (Wildman–Crippen LogP) is 3.82. The highest BCUT2D eigenvalue weighted by atomic mass is 35.5. The standard InChI is InChI=1S/C23H27ClN2O3/c1-16-7-8-18(13-21(16)24)20-6-4-3-5-19(20)15-26-11-9-17(10-12-26)23(28)25-14-22(27)29-2/h3-8,13,17H,9-12,14-15H2,1-2H3,(H,25,28). The first-order chi connectivity index (χ1) is 14.0. The SMILES string of the molecule is COC(=O)CNC(=O)C1CCN(Cc2ccccc2-c2ccc(C)c(Cl)c2)CC1. The largest absolute Gasteiger partial charge is 0.468 e. The number of nitrogens with one attached hydrogen (secondary N) is 1. The number of halogens is 1. The second kappa shape index (κ2) is 9.90.